The molecule has 0 bridgehead atoms. The van der Waals surface area contributed by atoms with Crippen molar-refractivity contribution in [2.45, 2.75) is 5.92 Å². The standard InChI is InChI=1S/C9H9BrO2/c10-6-8(9(11)12)7-4-2-1-3-5-7/h1-5,8H,6H2,(H,11,12)/t8-/m0/s1. The van der Waals surface area contributed by atoms with Gasteiger partial charge in [0.05, 0.1) is 5.92 Å². The van der Waals surface area contributed by atoms with E-state index < -0.39 is 11.9 Å². The van der Waals surface area contributed by atoms with E-state index in [0.29, 0.717) is 5.33 Å². The van der Waals surface area contributed by atoms with Gasteiger partial charge in [0, 0.05) is 5.33 Å². The normalized spacial score (nSPS) is 12.4. The zero-order valence-electron chi connectivity index (χ0n) is 6.40. The average Bonchev–Trinajstić information content (AvgIpc) is 2.07. The highest BCUT2D eigenvalue weighted by Crippen LogP contribution is 2.17. The molecule has 0 amide bonds. The van der Waals surface area contributed by atoms with Gasteiger partial charge in [-0.05, 0) is 5.56 Å². The van der Waals surface area contributed by atoms with Crippen LogP contribution >= 0.6 is 15.9 Å². The van der Waals surface area contributed by atoms with Crippen LogP contribution in [0.4, 0.5) is 0 Å². The summed E-state index contributed by atoms with van der Waals surface area (Å²) in [4.78, 5) is 10.7. The van der Waals surface area contributed by atoms with E-state index in [1.165, 1.54) is 0 Å². The van der Waals surface area contributed by atoms with Crippen LogP contribution in [0, 0.1) is 0 Å². The second-order valence-corrected chi connectivity index (χ2v) is 3.10. The molecule has 0 aromatic heterocycles. The van der Waals surface area contributed by atoms with E-state index in [1.54, 1.807) is 0 Å². The number of benzene rings is 1. The topological polar surface area (TPSA) is 37.3 Å². The minimum absolute atomic E-state index is 0.439. The summed E-state index contributed by atoms with van der Waals surface area (Å²) in [5.74, 6) is -1.23. The first kappa shape index (κ1) is 9.26. The van der Waals surface area contributed by atoms with E-state index in [9.17, 15) is 4.79 Å². The fourth-order valence-electron chi connectivity index (χ4n) is 0.983. The van der Waals surface area contributed by atoms with Crippen molar-refractivity contribution in [1.29, 1.82) is 0 Å². The van der Waals surface area contributed by atoms with Crippen molar-refractivity contribution >= 4 is 21.9 Å². The van der Waals surface area contributed by atoms with Gasteiger partial charge in [0.25, 0.3) is 0 Å². The van der Waals surface area contributed by atoms with Crippen molar-refractivity contribution < 1.29 is 9.90 Å². The molecule has 1 aromatic carbocycles. The van der Waals surface area contributed by atoms with Gasteiger partial charge >= 0.3 is 5.97 Å². The predicted octanol–water partition coefficient (Wildman–Crippen LogP) is 2.25. The van der Waals surface area contributed by atoms with Crippen LogP contribution in [-0.4, -0.2) is 16.4 Å². The van der Waals surface area contributed by atoms with Crippen LogP contribution in [0.15, 0.2) is 30.3 Å². The summed E-state index contributed by atoms with van der Waals surface area (Å²) in [5, 5.41) is 9.25. The Balaban J connectivity index is 2.88. The minimum atomic E-state index is -0.793. The maximum atomic E-state index is 10.7. The summed E-state index contributed by atoms with van der Waals surface area (Å²) < 4.78 is 0. The quantitative estimate of drug-likeness (QED) is 0.807. The van der Waals surface area contributed by atoms with Gasteiger partial charge in [-0.15, -0.1) is 0 Å². The van der Waals surface area contributed by atoms with E-state index in [0.717, 1.165) is 5.56 Å². The Morgan fingerprint density at radius 2 is 2.00 bits per heavy atom. The number of carboxylic acids is 1. The molecule has 0 saturated carbocycles. The summed E-state index contributed by atoms with van der Waals surface area (Å²) in [5.41, 5.74) is 0.835. The highest BCUT2D eigenvalue weighted by atomic mass is 79.9. The molecule has 3 heteroatoms. The van der Waals surface area contributed by atoms with E-state index in [-0.39, 0.29) is 0 Å². The minimum Gasteiger partial charge on any atom is -0.481 e. The summed E-state index contributed by atoms with van der Waals surface area (Å²) in [6.07, 6.45) is 0. The average molecular weight is 229 g/mol. The van der Waals surface area contributed by atoms with E-state index in [1.807, 2.05) is 30.3 Å². The van der Waals surface area contributed by atoms with Crippen molar-refractivity contribution in [3.05, 3.63) is 35.9 Å². The number of aliphatic carboxylic acids is 1. The molecular formula is C9H9BrO2. The third-order valence-corrected chi connectivity index (χ3v) is 2.30. The number of hydrogen-bond acceptors (Lipinski definition) is 1. The SMILES string of the molecule is O=C(O)[C@@H](CBr)c1ccccc1. The van der Waals surface area contributed by atoms with E-state index in [2.05, 4.69) is 15.9 Å². The molecular weight excluding hydrogens is 220 g/mol. The first-order valence-electron chi connectivity index (χ1n) is 3.59. The van der Waals surface area contributed by atoms with Gasteiger partial charge in [-0.2, -0.15) is 0 Å². The summed E-state index contributed by atoms with van der Waals surface area (Å²) in [7, 11) is 0. The molecule has 2 nitrogen and oxygen atoms in total. The van der Waals surface area contributed by atoms with Crippen LogP contribution in [0.1, 0.15) is 11.5 Å². The molecule has 0 radical (unpaired) electrons. The lowest BCUT2D eigenvalue weighted by Crippen LogP contribution is -2.12. The maximum absolute atomic E-state index is 10.7. The number of alkyl halides is 1. The lowest BCUT2D eigenvalue weighted by atomic mass is 10.0. The van der Waals surface area contributed by atoms with Gasteiger partial charge < -0.3 is 5.11 Å². The molecule has 1 atom stereocenters. The van der Waals surface area contributed by atoms with Gasteiger partial charge in [0.2, 0.25) is 0 Å². The van der Waals surface area contributed by atoms with E-state index in [4.69, 9.17) is 5.11 Å². The lowest BCUT2D eigenvalue weighted by Gasteiger charge is -2.07. The van der Waals surface area contributed by atoms with E-state index >= 15 is 0 Å². The van der Waals surface area contributed by atoms with Crippen LogP contribution < -0.4 is 0 Å². The van der Waals surface area contributed by atoms with Gasteiger partial charge in [-0.3, -0.25) is 4.79 Å². The zero-order valence-corrected chi connectivity index (χ0v) is 7.99. The lowest BCUT2D eigenvalue weighted by molar-refractivity contribution is -0.138. The van der Waals surface area contributed by atoms with Crippen molar-refractivity contribution in [3.8, 4) is 0 Å². The largest absolute Gasteiger partial charge is 0.481 e. The molecule has 0 saturated heterocycles. The van der Waals surface area contributed by atoms with Gasteiger partial charge in [-0.25, -0.2) is 0 Å². The highest BCUT2D eigenvalue weighted by molar-refractivity contribution is 9.09. The van der Waals surface area contributed by atoms with Crippen molar-refractivity contribution in [1.82, 2.24) is 0 Å². The predicted molar refractivity (Wildman–Crippen MR) is 50.6 cm³/mol. The van der Waals surface area contributed by atoms with Gasteiger partial charge in [0.15, 0.2) is 0 Å². The highest BCUT2D eigenvalue weighted by Gasteiger charge is 2.17. The third kappa shape index (κ3) is 2.08. The Morgan fingerprint density at radius 3 is 2.42 bits per heavy atom. The Hall–Kier alpha value is -0.830. The second kappa shape index (κ2) is 4.26. The molecule has 0 spiro atoms. The summed E-state index contributed by atoms with van der Waals surface area (Å²) >= 11 is 3.17. The number of rotatable bonds is 3. The summed E-state index contributed by atoms with van der Waals surface area (Å²) in [6.45, 7) is 0. The molecule has 1 rings (SSSR count). The van der Waals surface area contributed by atoms with Gasteiger partial charge in [-0.1, -0.05) is 46.3 Å². The molecule has 0 fully saturated rings. The Kier molecular flexibility index (Phi) is 3.29. The molecule has 12 heavy (non-hydrogen) atoms. The van der Waals surface area contributed by atoms with Crippen LogP contribution in [0.25, 0.3) is 0 Å². The monoisotopic (exact) mass is 228 g/mol. The zero-order chi connectivity index (χ0) is 8.97. The van der Waals surface area contributed by atoms with Crippen molar-refractivity contribution in [3.63, 3.8) is 0 Å². The molecule has 0 aliphatic rings. The Morgan fingerprint density at radius 1 is 1.42 bits per heavy atom. The first-order valence-corrected chi connectivity index (χ1v) is 4.71. The molecule has 0 unspecified atom stereocenters. The van der Waals surface area contributed by atoms with Crippen LogP contribution in [0.3, 0.4) is 0 Å². The maximum Gasteiger partial charge on any atom is 0.311 e. The molecule has 0 heterocycles. The number of hydrogen-bond donors (Lipinski definition) is 1. The first-order chi connectivity index (χ1) is 5.75. The smallest absolute Gasteiger partial charge is 0.311 e. The van der Waals surface area contributed by atoms with Crippen LogP contribution in [0.5, 0.6) is 0 Å². The molecule has 0 aliphatic carbocycles. The Labute approximate surface area is 79.3 Å². The number of carbonyl (C=O) groups is 1. The van der Waals surface area contributed by atoms with Gasteiger partial charge in [0.1, 0.15) is 0 Å². The number of halogens is 1. The van der Waals surface area contributed by atoms with Crippen molar-refractivity contribution in [2.24, 2.45) is 0 Å². The number of carboxylic acid groups (broad SMARTS) is 1. The van der Waals surface area contributed by atoms with Crippen LogP contribution in [0.2, 0.25) is 0 Å². The summed E-state index contributed by atoms with van der Waals surface area (Å²) in [6, 6.07) is 9.19. The Bertz CT molecular complexity index is 258. The molecule has 0 aliphatic heterocycles. The van der Waals surface area contributed by atoms with Crippen molar-refractivity contribution in [2.75, 3.05) is 5.33 Å². The molecule has 64 valence electrons. The fourth-order valence-corrected chi connectivity index (χ4v) is 1.63. The third-order valence-electron chi connectivity index (χ3n) is 1.65. The molecule has 1 aromatic rings. The van der Waals surface area contributed by atoms with Crippen LogP contribution in [-0.2, 0) is 4.79 Å². The molecule has 1 N–H and O–H groups in total. The second-order valence-electron chi connectivity index (χ2n) is 2.46. The fraction of sp³-hybridized carbons (Fsp3) is 0.222.